The number of methoxy groups -OCH3 is 3. The molecule has 0 saturated heterocycles. The number of likely N-dealkylation sites (N-methyl/N-ethyl adjacent to an activating group) is 1. The third kappa shape index (κ3) is 8.56. The zero-order valence-electron chi connectivity index (χ0n) is 26.3. The maximum absolute atomic E-state index is 14.5. The molecule has 1 N–H and O–H groups in total. The standard InChI is InChI=1S/C34H35BrClN3O7S/c1-37-34(41)29(18-23-8-6-5-7-9-23)38(21-24-10-12-25(35)13-11-24)33(40)22-39(28-19-26(36)14-16-30(28)44-2)47(42,43)27-15-17-31(45-3)32(20-27)46-4/h5-17,19-20,29H,18,21-22H2,1-4H3,(H,37,41)/t29-/m1/s1. The maximum atomic E-state index is 14.5. The van der Waals surface area contributed by atoms with Crippen molar-refractivity contribution in [2.24, 2.45) is 0 Å². The number of halogens is 2. The van der Waals surface area contributed by atoms with E-state index < -0.39 is 34.4 Å². The lowest BCUT2D eigenvalue weighted by atomic mass is 10.0. The summed E-state index contributed by atoms with van der Waals surface area (Å²) >= 11 is 9.79. The number of benzene rings is 4. The summed E-state index contributed by atoms with van der Waals surface area (Å²) in [6.45, 7) is -0.667. The summed E-state index contributed by atoms with van der Waals surface area (Å²) in [6.07, 6.45) is 0.186. The van der Waals surface area contributed by atoms with Gasteiger partial charge in [0, 0.05) is 35.6 Å². The summed E-state index contributed by atoms with van der Waals surface area (Å²) < 4.78 is 46.9. The molecule has 0 spiro atoms. The molecule has 0 heterocycles. The van der Waals surface area contributed by atoms with Crippen molar-refractivity contribution < 1.29 is 32.2 Å². The summed E-state index contributed by atoms with van der Waals surface area (Å²) in [5, 5.41) is 2.89. The number of sulfonamides is 1. The molecule has 0 unspecified atom stereocenters. The summed E-state index contributed by atoms with van der Waals surface area (Å²) in [4.78, 5) is 29.2. The number of carbonyl (C=O) groups is 2. The molecular weight excluding hydrogens is 710 g/mol. The van der Waals surface area contributed by atoms with E-state index in [1.54, 1.807) is 6.07 Å². The first kappa shape index (κ1) is 35.6. The van der Waals surface area contributed by atoms with Gasteiger partial charge in [0.05, 0.1) is 31.9 Å². The van der Waals surface area contributed by atoms with Gasteiger partial charge in [0.1, 0.15) is 18.3 Å². The summed E-state index contributed by atoms with van der Waals surface area (Å²) in [5.41, 5.74) is 1.59. The predicted molar refractivity (Wildman–Crippen MR) is 185 cm³/mol. The van der Waals surface area contributed by atoms with E-state index in [1.807, 2.05) is 54.6 Å². The average molecular weight is 745 g/mol. The molecular formula is C34H35BrClN3O7S. The highest BCUT2D eigenvalue weighted by Crippen LogP contribution is 2.37. The van der Waals surface area contributed by atoms with Gasteiger partial charge in [-0.2, -0.15) is 0 Å². The molecule has 0 fully saturated rings. The van der Waals surface area contributed by atoms with Gasteiger partial charge in [-0.3, -0.25) is 13.9 Å². The summed E-state index contributed by atoms with van der Waals surface area (Å²) in [6, 6.07) is 24.2. The maximum Gasteiger partial charge on any atom is 0.265 e. The van der Waals surface area contributed by atoms with Crippen LogP contribution in [0.15, 0.2) is 100 Å². The molecule has 0 aliphatic heterocycles. The van der Waals surface area contributed by atoms with E-state index in [0.29, 0.717) is 5.75 Å². The number of anilines is 1. The van der Waals surface area contributed by atoms with Gasteiger partial charge in [-0.15, -0.1) is 0 Å². The highest BCUT2D eigenvalue weighted by molar-refractivity contribution is 9.10. The van der Waals surface area contributed by atoms with Crippen molar-refractivity contribution in [3.8, 4) is 17.2 Å². The fourth-order valence-electron chi connectivity index (χ4n) is 4.98. The largest absolute Gasteiger partial charge is 0.495 e. The molecule has 0 bridgehead atoms. The molecule has 0 aromatic heterocycles. The average Bonchev–Trinajstić information content (AvgIpc) is 3.09. The van der Waals surface area contributed by atoms with Gasteiger partial charge in [0.25, 0.3) is 10.0 Å². The van der Waals surface area contributed by atoms with Gasteiger partial charge in [-0.05, 0) is 53.6 Å². The van der Waals surface area contributed by atoms with E-state index in [-0.39, 0.29) is 40.1 Å². The lowest BCUT2D eigenvalue weighted by Gasteiger charge is -2.34. The number of carbonyl (C=O) groups excluding carboxylic acids is 2. The molecule has 0 radical (unpaired) electrons. The van der Waals surface area contributed by atoms with Crippen LogP contribution >= 0.6 is 27.5 Å². The van der Waals surface area contributed by atoms with Crippen LogP contribution in [0.3, 0.4) is 0 Å². The van der Waals surface area contributed by atoms with Gasteiger partial charge < -0.3 is 24.4 Å². The van der Waals surface area contributed by atoms with Crippen molar-refractivity contribution >= 4 is 55.1 Å². The third-order valence-corrected chi connectivity index (χ3v) is 9.93. The molecule has 2 amide bonds. The van der Waals surface area contributed by atoms with Gasteiger partial charge in [0.15, 0.2) is 11.5 Å². The zero-order chi connectivity index (χ0) is 34.1. The van der Waals surface area contributed by atoms with E-state index in [1.165, 1.54) is 63.6 Å². The normalized spacial score (nSPS) is 11.7. The van der Waals surface area contributed by atoms with Crippen LogP contribution in [0.5, 0.6) is 17.2 Å². The molecule has 4 aromatic rings. The number of rotatable bonds is 14. The first-order chi connectivity index (χ1) is 22.5. The van der Waals surface area contributed by atoms with Crippen LogP contribution in [0.4, 0.5) is 5.69 Å². The molecule has 4 aromatic carbocycles. The Kier molecular flexibility index (Phi) is 12.1. The molecule has 10 nitrogen and oxygen atoms in total. The minimum atomic E-state index is -4.47. The number of nitrogens with zero attached hydrogens (tertiary/aromatic N) is 2. The van der Waals surface area contributed by atoms with Crippen LogP contribution in [-0.4, -0.2) is 66.1 Å². The Hall–Kier alpha value is -4.26. The van der Waals surface area contributed by atoms with Gasteiger partial charge >= 0.3 is 0 Å². The topological polar surface area (TPSA) is 114 Å². The number of nitrogens with one attached hydrogen (secondary N) is 1. The first-order valence-electron chi connectivity index (χ1n) is 14.4. The Morgan fingerprint density at radius 1 is 0.830 bits per heavy atom. The van der Waals surface area contributed by atoms with Crippen LogP contribution in [0.25, 0.3) is 0 Å². The number of ether oxygens (including phenoxy) is 3. The van der Waals surface area contributed by atoms with Crippen molar-refractivity contribution in [3.05, 3.63) is 112 Å². The van der Waals surface area contributed by atoms with Crippen molar-refractivity contribution in [1.29, 1.82) is 0 Å². The highest BCUT2D eigenvalue weighted by Gasteiger charge is 2.36. The Labute approximate surface area is 288 Å². The Balaban J connectivity index is 1.86. The van der Waals surface area contributed by atoms with Crippen LogP contribution < -0.4 is 23.8 Å². The van der Waals surface area contributed by atoms with Gasteiger partial charge in [-0.1, -0.05) is 70.0 Å². The van der Waals surface area contributed by atoms with E-state index >= 15 is 0 Å². The molecule has 47 heavy (non-hydrogen) atoms. The van der Waals surface area contributed by atoms with Crippen LogP contribution in [0, 0.1) is 0 Å². The molecule has 0 saturated carbocycles. The fraction of sp³-hybridized carbons (Fsp3) is 0.235. The van der Waals surface area contributed by atoms with Crippen molar-refractivity contribution in [2.75, 3.05) is 39.2 Å². The summed E-state index contributed by atoms with van der Waals surface area (Å²) in [5.74, 6) is -0.378. The Morgan fingerprint density at radius 3 is 2.09 bits per heavy atom. The van der Waals surface area contributed by atoms with Crippen LogP contribution in [0.2, 0.25) is 5.02 Å². The summed E-state index contributed by atoms with van der Waals surface area (Å²) in [7, 11) is 1.23. The molecule has 13 heteroatoms. The van der Waals surface area contributed by atoms with Gasteiger partial charge in [-0.25, -0.2) is 8.42 Å². The van der Waals surface area contributed by atoms with Crippen molar-refractivity contribution in [3.63, 3.8) is 0 Å². The third-order valence-electron chi connectivity index (χ3n) is 7.42. The SMILES string of the molecule is CNC(=O)[C@@H](Cc1ccccc1)N(Cc1ccc(Br)cc1)C(=O)CN(c1cc(Cl)ccc1OC)S(=O)(=O)c1ccc(OC)c(OC)c1. The smallest absolute Gasteiger partial charge is 0.265 e. The van der Waals surface area contributed by atoms with E-state index in [0.717, 1.165) is 19.9 Å². The molecule has 0 aliphatic rings. The molecule has 248 valence electrons. The minimum Gasteiger partial charge on any atom is -0.495 e. The second-order valence-corrected chi connectivity index (χ2v) is 13.5. The predicted octanol–water partition coefficient (Wildman–Crippen LogP) is 5.71. The Morgan fingerprint density at radius 2 is 1.47 bits per heavy atom. The van der Waals surface area contributed by atoms with E-state index in [2.05, 4.69) is 21.2 Å². The van der Waals surface area contributed by atoms with E-state index in [9.17, 15) is 18.0 Å². The lowest BCUT2D eigenvalue weighted by molar-refractivity contribution is -0.139. The minimum absolute atomic E-state index is 0.0218. The Bertz CT molecular complexity index is 1810. The fourth-order valence-corrected chi connectivity index (χ4v) is 6.85. The second-order valence-electron chi connectivity index (χ2n) is 10.3. The lowest BCUT2D eigenvalue weighted by Crippen LogP contribution is -2.53. The first-order valence-corrected chi connectivity index (χ1v) is 17.0. The number of hydrogen-bond donors (Lipinski definition) is 1. The van der Waals surface area contributed by atoms with Crippen molar-refractivity contribution in [1.82, 2.24) is 10.2 Å². The number of amides is 2. The molecule has 4 rings (SSSR count). The van der Waals surface area contributed by atoms with Crippen LogP contribution in [-0.2, 0) is 32.6 Å². The van der Waals surface area contributed by atoms with Gasteiger partial charge in [0.2, 0.25) is 11.8 Å². The monoisotopic (exact) mass is 743 g/mol. The second kappa shape index (κ2) is 16.0. The highest BCUT2D eigenvalue weighted by atomic mass is 79.9. The molecule has 1 atom stereocenters. The van der Waals surface area contributed by atoms with Crippen molar-refractivity contribution in [2.45, 2.75) is 23.9 Å². The number of hydrogen-bond acceptors (Lipinski definition) is 7. The quantitative estimate of drug-likeness (QED) is 0.176. The van der Waals surface area contributed by atoms with Crippen LogP contribution in [0.1, 0.15) is 11.1 Å². The molecule has 0 aliphatic carbocycles. The van der Waals surface area contributed by atoms with E-state index in [4.69, 9.17) is 25.8 Å². The zero-order valence-corrected chi connectivity index (χ0v) is 29.4.